The summed E-state index contributed by atoms with van der Waals surface area (Å²) in [4.78, 5) is 21.8. The monoisotopic (exact) mass is 225 g/mol. The molecule has 78 valence electrons. The average Bonchev–Trinajstić information content (AvgIpc) is 2.50. The van der Waals surface area contributed by atoms with Gasteiger partial charge in [-0.1, -0.05) is 0 Å². The number of hydrogen-bond acceptors (Lipinski definition) is 4. The summed E-state index contributed by atoms with van der Waals surface area (Å²) in [5, 5.41) is 0.823. The van der Waals surface area contributed by atoms with E-state index in [1.54, 1.807) is 6.92 Å². The molecule has 4 nitrogen and oxygen atoms in total. The van der Waals surface area contributed by atoms with E-state index in [-0.39, 0.29) is 5.69 Å². The van der Waals surface area contributed by atoms with Gasteiger partial charge in [0.2, 0.25) is 5.82 Å². The highest BCUT2D eigenvalue weighted by Gasteiger charge is 2.15. The molecule has 1 N–H and O–H groups in total. The Morgan fingerprint density at radius 1 is 1.47 bits per heavy atom. The van der Waals surface area contributed by atoms with Crippen LogP contribution in [0.25, 0.3) is 10.6 Å². The van der Waals surface area contributed by atoms with Gasteiger partial charge in [-0.25, -0.2) is 9.97 Å². The second-order valence-corrected chi connectivity index (χ2v) is 4.24. The van der Waals surface area contributed by atoms with Crippen molar-refractivity contribution in [3.63, 3.8) is 0 Å². The van der Waals surface area contributed by atoms with E-state index in [9.17, 15) is 9.18 Å². The lowest BCUT2D eigenvalue weighted by atomic mass is 10.3. The van der Waals surface area contributed by atoms with Crippen molar-refractivity contribution in [2.45, 2.75) is 13.8 Å². The first kappa shape index (κ1) is 9.97. The zero-order valence-corrected chi connectivity index (χ0v) is 8.98. The van der Waals surface area contributed by atoms with Gasteiger partial charge in [0.1, 0.15) is 5.69 Å². The molecule has 2 aromatic heterocycles. The number of aromatic nitrogens is 3. The average molecular weight is 225 g/mol. The van der Waals surface area contributed by atoms with Crippen LogP contribution in [0.4, 0.5) is 4.39 Å². The number of hydrogen-bond donors (Lipinski definition) is 1. The van der Waals surface area contributed by atoms with Gasteiger partial charge >= 0.3 is 0 Å². The lowest BCUT2D eigenvalue weighted by molar-refractivity contribution is 0.605. The normalized spacial score (nSPS) is 10.6. The van der Waals surface area contributed by atoms with Crippen LogP contribution in [-0.2, 0) is 0 Å². The molecular formula is C9H8FN3OS. The SMILES string of the molecule is Cc1nc(C)c(-c2nc[nH]c(=O)c2F)s1. The van der Waals surface area contributed by atoms with E-state index in [0.717, 1.165) is 5.01 Å². The Kier molecular flexibility index (Phi) is 2.36. The van der Waals surface area contributed by atoms with Crippen molar-refractivity contribution in [2.75, 3.05) is 0 Å². The molecule has 2 aromatic rings. The van der Waals surface area contributed by atoms with Crippen molar-refractivity contribution >= 4 is 11.3 Å². The Morgan fingerprint density at radius 3 is 2.80 bits per heavy atom. The van der Waals surface area contributed by atoms with E-state index in [2.05, 4.69) is 15.0 Å². The molecule has 0 fully saturated rings. The molecule has 2 heterocycles. The topological polar surface area (TPSA) is 58.6 Å². The molecule has 0 aliphatic rings. The van der Waals surface area contributed by atoms with Gasteiger partial charge in [-0.3, -0.25) is 4.79 Å². The maximum Gasteiger partial charge on any atom is 0.287 e. The number of H-pyrrole nitrogens is 1. The van der Waals surface area contributed by atoms with Crippen molar-refractivity contribution in [3.05, 3.63) is 33.2 Å². The summed E-state index contributed by atoms with van der Waals surface area (Å²) in [6, 6.07) is 0. The third-order valence-corrected chi connectivity index (χ3v) is 2.99. The number of aromatic amines is 1. The zero-order chi connectivity index (χ0) is 11.0. The van der Waals surface area contributed by atoms with E-state index in [1.807, 2.05) is 6.92 Å². The molecule has 0 aromatic carbocycles. The Labute approximate surface area is 88.8 Å². The van der Waals surface area contributed by atoms with Crippen molar-refractivity contribution < 1.29 is 4.39 Å². The van der Waals surface area contributed by atoms with Crippen LogP contribution in [-0.4, -0.2) is 15.0 Å². The number of nitrogens with zero attached hydrogens (tertiary/aromatic N) is 2. The highest BCUT2D eigenvalue weighted by Crippen LogP contribution is 2.28. The third kappa shape index (κ3) is 1.68. The summed E-state index contributed by atoms with van der Waals surface area (Å²) in [7, 11) is 0. The van der Waals surface area contributed by atoms with Crippen molar-refractivity contribution in [3.8, 4) is 10.6 Å². The number of nitrogens with one attached hydrogen (secondary N) is 1. The van der Waals surface area contributed by atoms with Crippen LogP contribution < -0.4 is 5.56 Å². The van der Waals surface area contributed by atoms with Gasteiger partial charge < -0.3 is 4.98 Å². The molecule has 0 bridgehead atoms. The predicted octanol–water partition coefficient (Wildman–Crippen LogP) is 1.65. The Balaban J connectivity index is 2.69. The highest BCUT2D eigenvalue weighted by molar-refractivity contribution is 7.15. The molecular weight excluding hydrogens is 217 g/mol. The summed E-state index contributed by atoms with van der Waals surface area (Å²) in [5.74, 6) is -0.857. The van der Waals surface area contributed by atoms with Gasteiger partial charge in [-0.15, -0.1) is 11.3 Å². The minimum Gasteiger partial charge on any atom is -0.311 e. The molecule has 0 unspecified atom stereocenters. The summed E-state index contributed by atoms with van der Waals surface area (Å²) >= 11 is 1.32. The van der Waals surface area contributed by atoms with Gasteiger partial charge in [0.25, 0.3) is 5.56 Å². The van der Waals surface area contributed by atoms with Crippen LogP contribution in [0.15, 0.2) is 11.1 Å². The second kappa shape index (κ2) is 3.54. The lowest BCUT2D eigenvalue weighted by Gasteiger charge is -1.97. The molecule has 0 aliphatic heterocycles. The maximum atomic E-state index is 13.4. The fraction of sp³-hybridized carbons (Fsp3) is 0.222. The molecule has 6 heteroatoms. The van der Waals surface area contributed by atoms with E-state index < -0.39 is 11.4 Å². The highest BCUT2D eigenvalue weighted by atomic mass is 32.1. The van der Waals surface area contributed by atoms with Crippen molar-refractivity contribution in [2.24, 2.45) is 0 Å². The van der Waals surface area contributed by atoms with Gasteiger partial charge in [0.05, 0.1) is 21.9 Å². The van der Waals surface area contributed by atoms with Crippen LogP contribution in [0.2, 0.25) is 0 Å². The lowest BCUT2D eigenvalue weighted by Crippen LogP contribution is -2.12. The third-order valence-electron chi connectivity index (χ3n) is 1.92. The van der Waals surface area contributed by atoms with Gasteiger partial charge in [-0.2, -0.15) is 4.39 Å². The van der Waals surface area contributed by atoms with Gasteiger partial charge in [-0.05, 0) is 13.8 Å². The molecule has 2 rings (SSSR count). The predicted molar refractivity (Wildman–Crippen MR) is 55.4 cm³/mol. The second-order valence-electron chi connectivity index (χ2n) is 3.04. The van der Waals surface area contributed by atoms with Gasteiger partial charge in [0, 0.05) is 0 Å². The van der Waals surface area contributed by atoms with Gasteiger partial charge in [0.15, 0.2) is 0 Å². The minimum absolute atomic E-state index is 0.0712. The fourth-order valence-corrected chi connectivity index (χ4v) is 2.20. The first-order valence-corrected chi connectivity index (χ1v) is 5.09. The summed E-state index contributed by atoms with van der Waals surface area (Å²) in [6.45, 7) is 3.59. The summed E-state index contributed by atoms with van der Waals surface area (Å²) < 4.78 is 13.4. The molecule has 15 heavy (non-hydrogen) atoms. The van der Waals surface area contributed by atoms with E-state index in [4.69, 9.17) is 0 Å². The molecule has 0 saturated carbocycles. The number of aryl methyl sites for hydroxylation is 2. The smallest absolute Gasteiger partial charge is 0.287 e. The van der Waals surface area contributed by atoms with E-state index in [1.165, 1.54) is 17.7 Å². The van der Waals surface area contributed by atoms with Crippen LogP contribution in [0.3, 0.4) is 0 Å². The number of rotatable bonds is 1. The molecule has 0 amide bonds. The quantitative estimate of drug-likeness (QED) is 0.802. The maximum absolute atomic E-state index is 13.4. The molecule has 0 radical (unpaired) electrons. The standard InChI is InChI=1S/C9H8FN3OS/c1-4-8(15-5(2)13-4)7-6(10)9(14)12-3-11-7/h3H,1-2H3,(H,11,12,14). The van der Waals surface area contributed by atoms with Crippen molar-refractivity contribution in [1.82, 2.24) is 15.0 Å². The Hall–Kier alpha value is -1.56. The van der Waals surface area contributed by atoms with Crippen LogP contribution in [0.1, 0.15) is 10.7 Å². The fourth-order valence-electron chi connectivity index (χ4n) is 1.29. The number of thiazole rings is 1. The largest absolute Gasteiger partial charge is 0.311 e. The molecule has 0 atom stereocenters. The van der Waals surface area contributed by atoms with Crippen LogP contribution in [0.5, 0.6) is 0 Å². The van der Waals surface area contributed by atoms with Crippen LogP contribution >= 0.6 is 11.3 Å². The Bertz CT molecular complexity index is 561. The zero-order valence-electron chi connectivity index (χ0n) is 8.17. The van der Waals surface area contributed by atoms with Crippen molar-refractivity contribution in [1.29, 1.82) is 0 Å². The molecule has 0 aliphatic carbocycles. The first-order valence-electron chi connectivity index (χ1n) is 4.27. The summed E-state index contributed by atoms with van der Waals surface area (Å²) in [6.07, 6.45) is 1.19. The number of halogens is 1. The molecule has 0 saturated heterocycles. The van der Waals surface area contributed by atoms with E-state index >= 15 is 0 Å². The minimum atomic E-state index is -0.857. The van der Waals surface area contributed by atoms with Crippen LogP contribution in [0, 0.1) is 19.7 Å². The first-order chi connectivity index (χ1) is 7.09. The Morgan fingerprint density at radius 2 is 2.20 bits per heavy atom. The molecule has 0 spiro atoms. The van der Waals surface area contributed by atoms with E-state index in [0.29, 0.717) is 10.6 Å². The summed E-state index contributed by atoms with van der Waals surface area (Å²) in [5.41, 5.74) is 0.00167.